The number of rotatable bonds is 6. The molecule has 14 heteroatoms. The fraction of sp³-hybridized carbons (Fsp3) is 0.115. The summed E-state index contributed by atoms with van der Waals surface area (Å²) in [6, 6.07) is 11.1. The molecule has 0 bridgehead atoms. The number of hydrogen-bond acceptors (Lipinski definition) is 6. The Morgan fingerprint density at radius 2 is 1.55 bits per heavy atom. The molecule has 4 aromatic rings. The van der Waals surface area contributed by atoms with Crippen LogP contribution in [-0.4, -0.2) is 25.3 Å². The minimum Gasteiger partial charge on any atom is -0.298 e. The zero-order valence-corrected chi connectivity index (χ0v) is 20.8. The van der Waals surface area contributed by atoms with Crippen LogP contribution in [0.25, 0.3) is 11.4 Å². The number of aromatic nitrogens is 3. The van der Waals surface area contributed by atoms with E-state index in [1.807, 2.05) is 0 Å². The number of alkyl halides is 6. The molecule has 2 aromatic heterocycles. The Labute approximate surface area is 227 Å². The van der Waals surface area contributed by atoms with Crippen LogP contribution in [0.1, 0.15) is 32.9 Å². The lowest BCUT2D eigenvalue weighted by atomic mass is 10.0. The van der Waals surface area contributed by atoms with Gasteiger partial charge in [-0.1, -0.05) is 23.7 Å². The maximum Gasteiger partial charge on any atom is 0.416 e. The standard InChI is InChI=1S/C26H17ClF6N6O/c27-19-3-1-2-4-20(19)38-10-9-35-24(38)23(40)21-22(16-5-7-34-8-6-16)39(37-36-21)14-15-11-17(25(28,29)30)13-18(12-15)26(31,32)33/h1-13,36-37H,14H2. The van der Waals surface area contributed by atoms with Crippen LogP contribution in [0.5, 0.6) is 0 Å². The molecule has 0 saturated carbocycles. The molecule has 206 valence electrons. The Morgan fingerprint density at radius 1 is 0.900 bits per heavy atom. The van der Waals surface area contributed by atoms with Crippen LogP contribution in [0.15, 0.2) is 85.1 Å². The number of ketones is 1. The molecule has 3 heterocycles. The summed E-state index contributed by atoms with van der Waals surface area (Å²) in [5, 5.41) is 1.59. The van der Waals surface area contributed by atoms with E-state index >= 15 is 0 Å². The molecule has 7 nitrogen and oxygen atoms in total. The lowest BCUT2D eigenvalue weighted by Crippen LogP contribution is -2.38. The van der Waals surface area contributed by atoms with Crippen LogP contribution in [0.4, 0.5) is 26.3 Å². The molecule has 0 atom stereocenters. The number of halogens is 7. The number of nitrogens with zero attached hydrogens (tertiary/aromatic N) is 4. The first kappa shape index (κ1) is 27.2. The largest absolute Gasteiger partial charge is 0.416 e. The molecule has 1 aliphatic heterocycles. The third kappa shape index (κ3) is 5.38. The van der Waals surface area contributed by atoms with E-state index < -0.39 is 35.8 Å². The molecular formula is C26H17ClF6N6O. The zero-order valence-electron chi connectivity index (χ0n) is 20.1. The highest BCUT2D eigenvalue weighted by atomic mass is 35.5. The van der Waals surface area contributed by atoms with E-state index in [9.17, 15) is 31.1 Å². The smallest absolute Gasteiger partial charge is 0.298 e. The van der Waals surface area contributed by atoms with Crippen molar-refractivity contribution in [2.24, 2.45) is 0 Å². The summed E-state index contributed by atoms with van der Waals surface area (Å²) in [4.78, 5) is 21.8. The second kappa shape index (κ2) is 10.3. The molecule has 2 N–H and O–H groups in total. The first-order valence-electron chi connectivity index (χ1n) is 11.5. The Hall–Kier alpha value is -4.36. The molecule has 0 saturated heterocycles. The molecule has 0 fully saturated rings. The predicted octanol–water partition coefficient (Wildman–Crippen LogP) is 6.03. The molecule has 0 unspecified atom stereocenters. The van der Waals surface area contributed by atoms with Crippen molar-refractivity contribution in [1.82, 2.24) is 30.5 Å². The van der Waals surface area contributed by atoms with E-state index in [0.717, 1.165) is 0 Å². The summed E-state index contributed by atoms with van der Waals surface area (Å²) in [7, 11) is 0. The number of carbonyl (C=O) groups excluding carboxylic acids is 1. The third-order valence-corrected chi connectivity index (χ3v) is 6.27. The van der Waals surface area contributed by atoms with Gasteiger partial charge in [-0.2, -0.15) is 26.3 Å². The molecule has 0 radical (unpaired) electrons. The van der Waals surface area contributed by atoms with Gasteiger partial charge in [0.15, 0.2) is 5.82 Å². The van der Waals surface area contributed by atoms with Crippen molar-refractivity contribution in [3.63, 3.8) is 0 Å². The number of pyridine rings is 1. The van der Waals surface area contributed by atoms with Gasteiger partial charge in [-0.05, 0) is 48.0 Å². The number of hydrazine groups is 2. The van der Waals surface area contributed by atoms with Gasteiger partial charge in [-0.25, -0.2) is 4.98 Å². The van der Waals surface area contributed by atoms with E-state index in [4.69, 9.17) is 11.6 Å². The lowest BCUT2D eigenvalue weighted by Gasteiger charge is -2.22. The Kier molecular flexibility index (Phi) is 7.02. The number of benzene rings is 2. The number of hydrogen-bond donors (Lipinski definition) is 2. The average Bonchev–Trinajstić information content (AvgIpc) is 3.56. The average molecular weight is 579 g/mol. The van der Waals surface area contributed by atoms with Gasteiger partial charge in [0.1, 0.15) is 5.70 Å². The maximum atomic E-state index is 13.7. The quantitative estimate of drug-likeness (QED) is 0.215. The molecular weight excluding hydrogens is 562 g/mol. The Balaban J connectivity index is 1.58. The number of carbonyl (C=O) groups is 1. The fourth-order valence-corrected chi connectivity index (χ4v) is 4.41. The maximum absolute atomic E-state index is 13.7. The Morgan fingerprint density at radius 3 is 2.17 bits per heavy atom. The van der Waals surface area contributed by atoms with Crippen molar-refractivity contribution in [2.45, 2.75) is 18.9 Å². The van der Waals surface area contributed by atoms with E-state index in [1.54, 1.807) is 24.3 Å². The number of allylic oxidation sites excluding steroid dienone is 1. The van der Waals surface area contributed by atoms with Gasteiger partial charge in [0.2, 0.25) is 5.78 Å². The van der Waals surface area contributed by atoms with E-state index in [2.05, 4.69) is 20.9 Å². The summed E-state index contributed by atoms with van der Waals surface area (Å²) < 4.78 is 82.1. The molecule has 2 aromatic carbocycles. The van der Waals surface area contributed by atoms with Crippen molar-refractivity contribution < 1.29 is 31.1 Å². The SMILES string of the molecule is O=C(C1=C(c2ccncc2)N(Cc2cc(C(F)(F)F)cc(C(F)(F)F)c2)NN1)c1nccn1-c1ccccc1Cl. The number of nitrogens with one attached hydrogen (secondary N) is 2. The predicted molar refractivity (Wildman–Crippen MR) is 132 cm³/mol. The Bertz CT molecular complexity index is 1570. The van der Waals surface area contributed by atoms with E-state index in [0.29, 0.717) is 28.4 Å². The molecule has 0 aliphatic carbocycles. The molecule has 0 spiro atoms. The fourth-order valence-electron chi connectivity index (χ4n) is 4.18. The minimum atomic E-state index is -5.01. The van der Waals surface area contributed by atoms with Crippen LogP contribution in [0, 0.1) is 0 Å². The van der Waals surface area contributed by atoms with Gasteiger partial charge in [0.25, 0.3) is 0 Å². The van der Waals surface area contributed by atoms with Crippen molar-refractivity contribution in [3.8, 4) is 5.69 Å². The van der Waals surface area contributed by atoms with Crippen LogP contribution in [-0.2, 0) is 18.9 Å². The normalized spacial score (nSPS) is 14.0. The van der Waals surface area contributed by atoms with E-state index in [-0.39, 0.29) is 28.8 Å². The van der Waals surface area contributed by atoms with Crippen LogP contribution >= 0.6 is 11.6 Å². The highest BCUT2D eigenvalue weighted by Crippen LogP contribution is 2.37. The van der Waals surface area contributed by atoms with Crippen molar-refractivity contribution >= 4 is 23.1 Å². The second-order valence-corrected chi connectivity index (χ2v) is 9.01. The number of Topliss-reactive ketones (excluding diaryl/α,β-unsaturated/α-hetero) is 1. The topological polar surface area (TPSA) is 75.1 Å². The molecule has 0 amide bonds. The number of para-hydroxylation sites is 1. The molecule has 1 aliphatic rings. The van der Waals surface area contributed by atoms with Crippen LogP contribution < -0.4 is 11.0 Å². The summed E-state index contributed by atoms with van der Waals surface area (Å²) in [6.45, 7) is -0.465. The van der Waals surface area contributed by atoms with Gasteiger partial charge in [0, 0.05) is 30.4 Å². The van der Waals surface area contributed by atoms with Gasteiger partial charge in [0.05, 0.1) is 34.1 Å². The first-order chi connectivity index (χ1) is 18.9. The van der Waals surface area contributed by atoms with Gasteiger partial charge < -0.3 is 0 Å². The monoisotopic (exact) mass is 578 g/mol. The van der Waals surface area contributed by atoms with Crippen LogP contribution in [0.3, 0.4) is 0 Å². The van der Waals surface area contributed by atoms with Gasteiger partial charge in [-0.3, -0.25) is 24.8 Å². The summed E-state index contributed by atoms with van der Waals surface area (Å²) in [5.74, 6) is -0.656. The summed E-state index contributed by atoms with van der Waals surface area (Å²) in [6.07, 6.45) is -4.23. The molecule has 40 heavy (non-hydrogen) atoms. The molecule has 5 rings (SSSR count). The van der Waals surface area contributed by atoms with Crippen molar-refractivity contribution in [1.29, 1.82) is 0 Å². The van der Waals surface area contributed by atoms with Gasteiger partial charge in [-0.15, -0.1) is 5.53 Å². The summed E-state index contributed by atoms with van der Waals surface area (Å²) in [5.41, 5.74) is 3.18. The zero-order chi connectivity index (χ0) is 28.7. The van der Waals surface area contributed by atoms with Crippen LogP contribution in [0.2, 0.25) is 5.02 Å². The summed E-state index contributed by atoms with van der Waals surface area (Å²) >= 11 is 6.30. The third-order valence-electron chi connectivity index (χ3n) is 5.95. The first-order valence-corrected chi connectivity index (χ1v) is 11.9. The highest BCUT2D eigenvalue weighted by molar-refractivity contribution is 6.32. The second-order valence-electron chi connectivity index (χ2n) is 8.60. The number of imidazole rings is 1. The highest BCUT2D eigenvalue weighted by Gasteiger charge is 2.38. The minimum absolute atomic E-state index is 0.0377. The van der Waals surface area contributed by atoms with Crippen molar-refractivity contribution in [2.75, 3.05) is 0 Å². The van der Waals surface area contributed by atoms with Crippen molar-refractivity contribution in [3.05, 3.63) is 118 Å². The van der Waals surface area contributed by atoms with E-state index in [1.165, 1.54) is 46.5 Å². The lowest BCUT2D eigenvalue weighted by molar-refractivity contribution is -0.143. The van der Waals surface area contributed by atoms with Gasteiger partial charge >= 0.3 is 12.4 Å².